The van der Waals surface area contributed by atoms with E-state index in [1.807, 2.05) is 24.3 Å². The van der Waals surface area contributed by atoms with Gasteiger partial charge in [0.15, 0.2) is 4.34 Å². The van der Waals surface area contributed by atoms with Crippen LogP contribution in [0, 0.1) is 0 Å². The number of benzene rings is 2. The molecule has 2 aromatic carbocycles. The smallest absolute Gasteiger partial charge is 0.252 e. The largest absolute Gasteiger partial charge is 0.355 e. The standard InChI is InChI=1S/C17H14ClN3O2S2/c1-19-16(23)11-8-10(6-7-12(11)18)20-15(22)9-24-17-21-13-4-2-3-5-14(13)25-17/h2-8H,9H2,1H3,(H,19,23)(H,20,22). The number of thiazole rings is 1. The van der Waals surface area contributed by atoms with Crippen molar-refractivity contribution in [2.75, 3.05) is 18.1 Å². The first-order chi connectivity index (χ1) is 12.1. The van der Waals surface area contributed by atoms with E-state index in [0.717, 1.165) is 14.6 Å². The van der Waals surface area contributed by atoms with E-state index in [4.69, 9.17) is 11.6 Å². The Morgan fingerprint density at radius 2 is 2.04 bits per heavy atom. The maximum Gasteiger partial charge on any atom is 0.252 e. The van der Waals surface area contributed by atoms with E-state index in [1.165, 1.54) is 18.8 Å². The number of thioether (sulfide) groups is 1. The molecule has 0 saturated carbocycles. The van der Waals surface area contributed by atoms with Crippen molar-refractivity contribution in [1.29, 1.82) is 0 Å². The molecule has 3 aromatic rings. The number of nitrogens with zero attached hydrogens (tertiary/aromatic N) is 1. The van der Waals surface area contributed by atoms with E-state index in [9.17, 15) is 9.59 Å². The Morgan fingerprint density at radius 3 is 2.80 bits per heavy atom. The van der Waals surface area contributed by atoms with Crippen molar-refractivity contribution in [1.82, 2.24) is 10.3 Å². The fourth-order valence-corrected chi connectivity index (χ4v) is 4.22. The molecule has 0 saturated heterocycles. The van der Waals surface area contributed by atoms with Crippen LogP contribution in [0.4, 0.5) is 5.69 Å². The lowest BCUT2D eigenvalue weighted by Crippen LogP contribution is -2.19. The van der Waals surface area contributed by atoms with Gasteiger partial charge in [0.1, 0.15) is 0 Å². The number of rotatable bonds is 5. The van der Waals surface area contributed by atoms with E-state index in [-0.39, 0.29) is 17.6 Å². The second kappa shape index (κ2) is 7.86. The van der Waals surface area contributed by atoms with Crippen LogP contribution in [0.5, 0.6) is 0 Å². The van der Waals surface area contributed by atoms with Gasteiger partial charge in [-0.2, -0.15) is 0 Å². The van der Waals surface area contributed by atoms with Crippen LogP contribution in [-0.2, 0) is 4.79 Å². The van der Waals surface area contributed by atoms with Crippen molar-refractivity contribution < 1.29 is 9.59 Å². The van der Waals surface area contributed by atoms with Crippen LogP contribution >= 0.6 is 34.7 Å². The number of para-hydroxylation sites is 1. The lowest BCUT2D eigenvalue weighted by atomic mass is 10.2. The molecule has 1 aromatic heterocycles. The van der Waals surface area contributed by atoms with Gasteiger partial charge in [0.05, 0.1) is 26.6 Å². The van der Waals surface area contributed by atoms with Gasteiger partial charge in [0, 0.05) is 12.7 Å². The molecule has 0 spiro atoms. The molecule has 3 rings (SSSR count). The minimum Gasteiger partial charge on any atom is -0.355 e. The zero-order valence-corrected chi connectivity index (χ0v) is 15.6. The van der Waals surface area contributed by atoms with Gasteiger partial charge >= 0.3 is 0 Å². The van der Waals surface area contributed by atoms with Crippen molar-refractivity contribution >= 4 is 62.4 Å². The number of hydrogen-bond acceptors (Lipinski definition) is 5. The van der Waals surface area contributed by atoms with Gasteiger partial charge in [-0.15, -0.1) is 11.3 Å². The molecular formula is C17H14ClN3O2S2. The summed E-state index contributed by atoms with van der Waals surface area (Å²) in [5, 5.41) is 5.62. The first kappa shape index (κ1) is 17.7. The Morgan fingerprint density at radius 1 is 1.24 bits per heavy atom. The Balaban J connectivity index is 1.63. The maximum absolute atomic E-state index is 12.1. The molecule has 25 heavy (non-hydrogen) atoms. The lowest BCUT2D eigenvalue weighted by Gasteiger charge is -2.08. The molecular weight excluding hydrogens is 378 g/mol. The summed E-state index contributed by atoms with van der Waals surface area (Å²) in [7, 11) is 1.53. The maximum atomic E-state index is 12.1. The van der Waals surface area contributed by atoms with Gasteiger partial charge in [0.2, 0.25) is 5.91 Å². The van der Waals surface area contributed by atoms with Crippen molar-refractivity contribution in [3.8, 4) is 0 Å². The first-order valence-electron chi connectivity index (χ1n) is 7.36. The minimum atomic E-state index is -0.301. The van der Waals surface area contributed by atoms with Crippen LogP contribution in [0.15, 0.2) is 46.8 Å². The molecule has 2 N–H and O–H groups in total. The third-order valence-corrected chi connectivity index (χ3v) is 5.83. The average Bonchev–Trinajstić information content (AvgIpc) is 3.04. The molecule has 0 radical (unpaired) electrons. The molecule has 0 bridgehead atoms. The van der Waals surface area contributed by atoms with E-state index < -0.39 is 0 Å². The fourth-order valence-electron chi connectivity index (χ4n) is 2.15. The van der Waals surface area contributed by atoms with E-state index in [2.05, 4.69) is 15.6 Å². The second-order valence-corrected chi connectivity index (χ2v) is 7.72. The Hall–Kier alpha value is -2.09. The van der Waals surface area contributed by atoms with E-state index in [1.54, 1.807) is 29.5 Å². The number of aromatic nitrogens is 1. The number of carbonyl (C=O) groups is 2. The minimum absolute atomic E-state index is 0.172. The lowest BCUT2D eigenvalue weighted by molar-refractivity contribution is -0.113. The zero-order valence-electron chi connectivity index (χ0n) is 13.2. The highest BCUT2D eigenvalue weighted by molar-refractivity contribution is 8.01. The molecule has 1 heterocycles. The first-order valence-corrected chi connectivity index (χ1v) is 9.54. The highest BCUT2D eigenvalue weighted by Crippen LogP contribution is 2.29. The van der Waals surface area contributed by atoms with Crippen molar-refractivity contribution in [2.45, 2.75) is 4.34 Å². The third kappa shape index (κ3) is 4.31. The van der Waals surface area contributed by atoms with Gasteiger partial charge in [0.25, 0.3) is 5.91 Å². The number of anilines is 1. The van der Waals surface area contributed by atoms with Gasteiger partial charge < -0.3 is 10.6 Å². The molecule has 8 heteroatoms. The predicted molar refractivity (Wildman–Crippen MR) is 104 cm³/mol. The van der Waals surface area contributed by atoms with Gasteiger partial charge in [-0.05, 0) is 30.3 Å². The molecule has 0 aliphatic rings. The van der Waals surface area contributed by atoms with Crippen LogP contribution < -0.4 is 10.6 Å². The Bertz CT molecular complexity index is 910. The highest BCUT2D eigenvalue weighted by Gasteiger charge is 2.12. The molecule has 0 fully saturated rings. The predicted octanol–water partition coefficient (Wildman–Crippen LogP) is 4.04. The number of nitrogens with one attached hydrogen (secondary N) is 2. The van der Waals surface area contributed by atoms with Crippen molar-refractivity contribution in [2.24, 2.45) is 0 Å². The summed E-state index contributed by atoms with van der Waals surface area (Å²) in [6.07, 6.45) is 0. The van der Waals surface area contributed by atoms with Crippen LogP contribution in [0.1, 0.15) is 10.4 Å². The normalized spacial score (nSPS) is 10.6. The van der Waals surface area contributed by atoms with Crippen LogP contribution in [0.2, 0.25) is 5.02 Å². The average molecular weight is 392 g/mol. The van der Waals surface area contributed by atoms with Crippen molar-refractivity contribution in [3.63, 3.8) is 0 Å². The number of halogens is 1. The van der Waals surface area contributed by atoms with Crippen LogP contribution in [0.25, 0.3) is 10.2 Å². The summed E-state index contributed by atoms with van der Waals surface area (Å²) in [4.78, 5) is 28.4. The second-order valence-electron chi connectivity index (χ2n) is 5.06. The number of hydrogen-bond donors (Lipinski definition) is 2. The quantitative estimate of drug-likeness (QED) is 0.644. The molecule has 0 unspecified atom stereocenters. The molecule has 2 amide bonds. The fraction of sp³-hybridized carbons (Fsp3) is 0.118. The number of fused-ring (bicyclic) bond motifs is 1. The van der Waals surface area contributed by atoms with Gasteiger partial charge in [-0.25, -0.2) is 4.98 Å². The SMILES string of the molecule is CNC(=O)c1cc(NC(=O)CSc2nc3ccccc3s2)ccc1Cl. The summed E-state index contributed by atoms with van der Waals surface area (Å²) >= 11 is 8.94. The summed E-state index contributed by atoms with van der Waals surface area (Å²) in [6.45, 7) is 0. The molecule has 128 valence electrons. The summed E-state index contributed by atoms with van der Waals surface area (Å²) in [5.74, 6) is -0.239. The highest BCUT2D eigenvalue weighted by atomic mass is 35.5. The monoisotopic (exact) mass is 391 g/mol. The van der Waals surface area contributed by atoms with E-state index in [0.29, 0.717) is 16.3 Å². The zero-order chi connectivity index (χ0) is 17.8. The molecule has 0 atom stereocenters. The van der Waals surface area contributed by atoms with Crippen LogP contribution in [-0.4, -0.2) is 29.6 Å². The third-order valence-electron chi connectivity index (χ3n) is 3.32. The van der Waals surface area contributed by atoms with Crippen LogP contribution in [0.3, 0.4) is 0 Å². The topological polar surface area (TPSA) is 71.1 Å². The summed E-state index contributed by atoms with van der Waals surface area (Å²) in [6, 6.07) is 12.7. The molecule has 0 aliphatic carbocycles. The number of carbonyl (C=O) groups excluding carboxylic acids is 2. The van der Waals surface area contributed by atoms with Gasteiger partial charge in [-0.3, -0.25) is 9.59 Å². The summed E-state index contributed by atoms with van der Waals surface area (Å²) in [5.41, 5.74) is 1.78. The van der Waals surface area contributed by atoms with Crippen molar-refractivity contribution in [3.05, 3.63) is 53.1 Å². The van der Waals surface area contributed by atoms with Gasteiger partial charge in [-0.1, -0.05) is 35.5 Å². The summed E-state index contributed by atoms with van der Waals surface area (Å²) < 4.78 is 1.94. The molecule has 5 nitrogen and oxygen atoms in total. The van der Waals surface area contributed by atoms with E-state index >= 15 is 0 Å². The molecule has 0 aliphatic heterocycles. The Kier molecular flexibility index (Phi) is 5.57. The number of amides is 2. The Labute approximate surface area is 157 Å².